The van der Waals surface area contributed by atoms with Crippen LogP contribution in [0.25, 0.3) is 11.4 Å². The van der Waals surface area contributed by atoms with Crippen molar-refractivity contribution in [3.63, 3.8) is 0 Å². The normalized spacial score (nSPS) is 10.4. The summed E-state index contributed by atoms with van der Waals surface area (Å²) in [7, 11) is 1.57. The summed E-state index contributed by atoms with van der Waals surface area (Å²) >= 11 is 5.85. The van der Waals surface area contributed by atoms with Gasteiger partial charge in [0.1, 0.15) is 12.3 Å². The zero-order chi connectivity index (χ0) is 16.9. The van der Waals surface area contributed by atoms with E-state index in [-0.39, 0.29) is 12.5 Å². The summed E-state index contributed by atoms with van der Waals surface area (Å²) in [6.45, 7) is -0.0438. The summed E-state index contributed by atoms with van der Waals surface area (Å²) in [5.74, 6) is 0.834. The first-order chi connectivity index (χ1) is 11.6. The van der Waals surface area contributed by atoms with Crippen molar-refractivity contribution in [3.8, 4) is 17.1 Å². The number of anilines is 1. The number of tetrazole rings is 1. The Morgan fingerprint density at radius 2 is 2.04 bits per heavy atom. The van der Waals surface area contributed by atoms with Gasteiger partial charge in [-0.25, -0.2) is 0 Å². The fourth-order valence-electron chi connectivity index (χ4n) is 2.05. The van der Waals surface area contributed by atoms with E-state index in [1.165, 1.54) is 4.80 Å². The van der Waals surface area contributed by atoms with Gasteiger partial charge in [0.05, 0.1) is 7.11 Å². The quantitative estimate of drug-likeness (QED) is 0.770. The van der Waals surface area contributed by atoms with Crippen LogP contribution < -0.4 is 10.1 Å². The molecular formula is C16H14ClN5O2. The Hall–Kier alpha value is -2.93. The number of amides is 1. The van der Waals surface area contributed by atoms with Gasteiger partial charge in [0, 0.05) is 22.3 Å². The Kier molecular flexibility index (Phi) is 4.72. The minimum absolute atomic E-state index is 0.0438. The Labute approximate surface area is 143 Å². The highest BCUT2D eigenvalue weighted by molar-refractivity contribution is 6.30. The number of halogens is 1. The van der Waals surface area contributed by atoms with Crippen LogP contribution >= 0.6 is 11.6 Å². The van der Waals surface area contributed by atoms with Crippen molar-refractivity contribution in [2.45, 2.75) is 6.54 Å². The van der Waals surface area contributed by atoms with E-state index in [2.05, 4.69) is 20.7 Å². The molecule has 0 bridgehead atoms. The minimum atomic E-state index is -0.261. The first-order valence-electron chi connectivity index (χ1n) is 7.12. The van der Waals surface area contributed by atoms with Gasteiger partial charge in [-0.05, 0) is 41.6 Å². The lowest BCUT2D eigenvalue weighted by Gasteiger charge is -2.06. The number of nitrogens with one attached hydrogen (secondary N) is 1. The number of hydrogen-bond acceptors (Lipinski definition) is 5. The average molecular weight is 344 g/mol. The molecule has 122 valence electrons. The fourth-order valence-corrected chi connectivity index (χ4v) is 2.18. The third kappa shape index (κ3) is 3.88. The van der Waals surface area contributed by atoms with Crippen molar-refractivity contribution < 1.29 is 9.53 Å². The lowest BCUT2D eigenvalue weighted by atomic mass is 10.2. The molecule has 2 aromatic carbocycles. The fraction of sp³-hybridized carbons (Fsp3) is 0.125. The monoisotopic (exact) mass is 343 g/mol. The van der Waals surface area contributed by atoms with E-state index in [1.807, 2.05) is 0 Å². The predicted octanol–water partition coefficient (Wildman–Crippen LogP) is 2.64. The number of carbonyl (C=O) groups is 1. The molecule has 0 spiro atoms. The van der Waals surface area contributed by atoms with Crippen molar-refractivity contribution in [2.75, 3.05) is 12.4 Å². The Morgan fingerprint density at radius 1 is 1.25 bits per heavy atom. The van der Waals surface area contributed by atoms with Crippen LogP contribution in [0.1, 0.15) is 0 Å². The number of aromatic nitrogens is 4. The second-order valence-corrected chi connectivity index (χ2v) is 5.37. The van der Waals surface area contributed by atoms with Crippen LogP contribution in [0.4, 0.5) is 5.69 Å². The zero-order valence-electron chi connectivity index (χ0n) is 12.8. The third-order valence-electron chi connectivity index (χ3n) is 3.19. The summed E-state index contributed by atoms with van der Waals surface area (Å²) in [5, 5.41) is 15.4. The van der Waals surface area contributed by atoms with E-state index >= 15 is 0 Å². The van der Waals surface area contributed by atoms with E-state index in [1.54, 1.807) is 55.6 Å². The van der Waals surface area contributed by atoms with Gasteiger partial charge in [-0.1, -0.05) is 17.7 Å². The lowest BCUT2D eigenvalue weighted by molar-refractivity contribution is -0.117. The molecule has 0 fully saturated rings. The van der Waals surface area contributed by atoms with Gasteiger partial charge in [-0.2, -0.15) is 4.80 Å². The molecule has 0 aliphatic heterocycles. The summed E-state index contributed by atoms with van der Waals surface area (Å²) in [6, 6.07) is 14.2. The molecule has 0 aliphatic rings. The van der Waals surface area contributed by atoms with Gasteiger partial charge in [-0.15, -0.1) is 10.2 Å². The van der Waals surface area contributed by atoms with E-state index in [4.69, 9.17) is 16.3 Å². The number of hydrogen-bond donors (Lipinski definition) is 1. The molecule has 0 saturated carbocycles. The standard InChI is InChI=1S/C16H14ClN5O2/c1-24-14-4-2-3-13(9-14)18-15(23)10-22-20-16(19-21-22)11-5-7-12(17)8-6-11/h2-9H,10H2,1H3,(H,18,23). The molecule has 7 nitrogen and oxygen atoms in total. The van der Waals surface area contributed by atoms with Crippen molar-refractivity contribution in [2.24, 2.45) is 0 Å². The van der Waals surface area contributed by atoms with Gasteiger partial charge in [0.15, 0.2) is 0 Å². The number of carbonyl (C=O) groups excluding carboxylic acids is 1. The summed E-state index contributed by atoms with van der Waals surface area (Å²) in [4.78, 5) is 13.3. The van der Waals surface area contributed by atoms with Crippen LogP contribution in [0.15, 0.2) is 48.5 Å². The molecule has 0 saturated heterocycles. The van der Waals surface area contributed by atoms with Gasteiger partial charge < -0.3 is 10.1 Å². The first kappa shape index (κ1) is 15.9. The summed E-state index contributed by atoms with van der Waals surface area (Å²) < 4.78 is 5.11. The molecule has 0 aliphatic carbocycles. The number of benzene rings is 2. The number of rotatable bonds is 5. The topological polar surface area (TPSA) is 81.9 Å². The molecule has 1 N–H and O–H groups in total. The maximum Gasteiger partial charge on any atom is 0.248 e. The molecule has 1 heterocycles. The summed E-state index contributed by atoms with van der Waals surface area (Å²) in [6.07, 6.45) is 0. The SMILES string of the molecule is COc1cccc(NC(=O)Cn2nnc(-c3ccc(Cl)cc3)n2)c1. The second kappa shape index (κ2) is 7.10. The van der Waals surface area contributed by atoms with Crippen LogP contribution in [0.3, 0.4) is 0 Å². The average Bonchev–Trinajstić information content (AvgIpc) is 3.04. The molecule has 3 rings (SSSR count). The molecular weight excluding hydrogens is 330 g/mol. The van der Waals surface area contributed by atoms with Gasteiger partial charge in [0.2, 0.25) is 11.7 Å². The predicted molar refractivity (Wildman–Crippen MR) is 89.9 cm³/mol. The molecule has 1 aromatic heterocycles. The Balaban J connectivity index is 1.65. The van der Waals surface area contributed by atoms with Crippen molar-refractivity contribution in [3.05, 3.63) is 53.6 Å². The molecule has 24 heavy (non-hydrogen) atoms. The van der Waals surface area contributed by atoms with E-state index in [0.29, 0.717) is 22.3 Å². The molecule has 8 heteroatoms. The van der Waals surface area contributed by atoms with Crippen molar-refractivity contribution in [1.29, 1.82) is 0 Å². The third-order valence-corrected chi connectivity index (χ3v) is 3.45. The molecule has 3 aromatic rings. The van der Waals surface area contributed by atoms with Crippen LogP contribution in [-0.2, 0) is 11.3 Å². The highest BCUT2D eigenvalue weighted by Gasteiger charge is 2.10. The zero-order valence-corrected chi connectivity index (χ0v) is 13.6. The number of ether oxygens (including phenoxy) is 1. The van der Waals surface area contributed by atoms with Crippen LogP contribution in [0, 0.1) is 0 Å². The number of methoxy groups -OCH3 is 1. The van der Waals surface area contributed by atoms with E-state index in [0.717, 1.165) is 5.56 Å². The molecule has 0 radical (unpaired) electrons. The van der Waals surface area contributed by atoms with Gasteiger partial charge >= 0.3 is 0 Å². The smallest absolute Gasteiger partial charge is 0.248 e. The van der Waals surface area contributed by atoms with Crippen LogP contribution in [0.5, 0.6) is 5.75 Å². The largest absolute Gasteiger partial charge is 0.497 e. The second-order valence-electron chi connectivity index (χ2n) is 4.93. The minimum Gasteiger partial charge on any atom is -0.497 e. The van der Waals surface area contributed by atoms with Crippen molar-refractivity contribution in [1.82, 2.24) is 20.2 Å². The summed E-state index contributed by atoms with van der Waals surface area (Å²) in [5.41, 5.74) is 1.41. The molecule has 0 atom stereocenters. The Bertz CT molecular complexity index is 848. The maximum absolute atomic E-state index is 12.1. The van der Waals surface area contributed by atoms with E-state index < -0.39 is 0 Å². The van der Waals surface area contributed by atoms with E-state index in [9.17, 15) is 4.79 Å². The van der Waals surface area contributed by atoms with Gasteiger partial charge in [0.25, 0.3) is 0 Å². The molecule has 1 amide bonds. The highest BCUT2D eigenvalue weighted by atomic mass is 35.5. The highest BCUT2D eigenvalue weighted by Crippen LogP contribution is 2.18. The lowest BCUT2D eigenvalue weighted by Crippen LogP contribution is -2.20. The van der Waals surface area contributed by atoms with Crippen molar-refractivity contribution >= 4 is 23.2 Å². The molecule has 0 unspecified atom stereocenters. The Morgan fingerprint density at radius 3 is 2.79 bits per heavy atom. The van der Waals surface area contributed by atoms with Crippen LogP contribution in [0.2, 0.25) is 5.02 Å². The van der Waals surface area contributed by atoms with Crippen LogP contribution in [-0.4, -0.2) is 33.2 Å². The number of nitrogens with zero attached hydrogens (tertiary/aromatic N) is 4. The first-order valence-corrected chi connectivity index (χ1v) is 7.49. The van der Waals surface area contributed by atoms with Gasteiger partial charge in [-0.3, -0.25) is 4.79 Å². The maximum atomic E-state index is 12.1.